The van der Waals surface area contributed by atoms with Crippen LogP contribution in [0.4, 0.5) is 4.39 Å². The molecule has 0 amide bonds. The topological polar surface area (TPSA) is 82.1 Å². The van der Waals surface area contributed by atoms with Gasteiger partial charge in [0.05, 0.1) is 6.61 Å². The molecule has 0 aliphatic carbocycles. The molecule has 0 saturated heterocycles. The van der Waals surface area contributed by atoms with Crippen molar-refractivity contribution in [2.45, 2.75) is 6.54 Å². The summed E-state index contributed by atoms with van der Waals surface area (Å²) >= 11 is 0. The number of aliphatic hydroxyl groups excluding tert-OH is 1. The average molecular weight is 241 g/mol. The van der Waals surface area contributed by atoms with Crippen LogP contribution in [0.15, 0.2) is 23.4 Å². The van der Waals surface area contributed by atoms with E-state index >= 15 is 0 Å². The molecule has 0 radical (unpaired) electrons. The Morgan fingerprint density at radius 1 is 1.47 bits per heavy atom. The second-order valence-electron chi connectivity index (χ2n) is 3.79. The minimum atomic E-state index is -0.443. The molecule has 17 heavy (non-hydrogen) atoms. The number of aliphatic hydroxyl groups is 1. The molecule has 0 heterocycles. The van der Waals surface area contributed by atoms with E-state index in [4.69, 9.17) is 16.0 Å². The summed E-state index contributed by atoms with van der Waals surface area (Å²) in [6.45, 7) is 1.01. The van der Waals surface area contributed by atoms with Gasteiger partial charge in [0.25, 0.3) is 0 Å². The molecule has 94 valence electrons. The van der Waals surface area contributed by atoms with Crippen LogP contribution in [0.3, 0.4) is 0 Å². The smallest absolute Gasteiger partial charge is 0.170 e. The van der Waals surface area contributed by atoms with Crippen molar-refractivity contribution in [3.8, 4) is 0 Å². The second-order valence-corrected chi connectivity index (χ2v) is 3.79. The number of benzene rings is 1. The lowest BCUT2D eigenvalue weighted by Gasteiger charge is -2.15. The molecule has 0 aromatic heterocycles. The number of amidine groups is 1. The number of nitrogens with zero attached hydrogens (tertiary/aromatic N) is 2. The van der Waals surface area contributed by atoms with Crippen LogP contribution in [-0.2, 0) is 6.54 Å². The lowest BCUT2D eigenvalue weighted by Crippen LogP contribution is -2.22. The largest absolute Gasteiger partial charge is 0.409 e. The van der Waals surface area contributed by atoms with E-state index in [0.717, 1.165) is 0 Å². The summed E-state index contributed by atoms with van der Waals surface area (Å²) < 4.78 is 13.3. The van der Waals surface area contributed by atoms with Gasteiger partial charge in [-0.3, -0.25) is 4.90 Å². The lowest BCUT2D eigenvalue weighted by molar-refractivity contribution is 0.217. The van der Waals surface area contributed by atoms with E-state index < -0.39 is 5.82 Å². The van der Waals surface area contributed by atoms with E-state index in [1.54, 1.807) is 6.07 Å². The van der Waals surface area contributed by atoms with Crippen LogP contribution in [0.25, 0.3) is 0 Å². The number of oxime groups is 1. The van der Waals surface area contributed by atoms with E-state index in [1.165, 1.54) is 12.1 Å². The predicted octanol–water partition coefficient (Wildman–Crippen LogP) is 0.344. The zero-order valence-corrected chi connectivity index (χ0v) is 9.60. The van der Waals surface area contributed by atoms with Crippen molar-refractivity contribution in [2.75, 3.05) is 20.2 Å². The average Bonchev–Trinajstić information content (AvgIpc) is 2.27. The van der Waals surface area contributed by atoms with E-state index in [2.05, 4.69) is 5.16 Å². The molecule has 0 bridgehead atoms. The highest BCUT2D eigenvalue weighted by molar-refractivity contribution is 5.97. The van der Waals surface area contributed by atoms with Gasteiger partial charge in [0.15, 0.2) is 5.84 Å². The van der Waals surface area contributed by atoms with Crippen molar-refractivity contribution in [1.82, 2.24) is 4.90 Å². The highest BCUT2D eigenvalue weighted by atomic mass is 19.1. The van der Waals surface area contributed by atoms with Crippen molar-refractivity contribution in [2.24, 2.45) is 10.9 Å². The summed E-state index contributed by atoms with van der Waals surface area (Å²) in [7, 11) is 1.81. The van der Waals surface area contributed by atoms with Gasteiger partial charge in [-0.1, -0.05) is 5.16 Å². The Labute approximate surface area is 99.0 Å². The lowest BCUT2D eigenvalue weighted by atomic mass is 10.1. The van der Waals surface area contributed by atoms with E-state index in [1.807, 2.05) is 11.9 Å². The van der Waals surface area contributed by atoms with E-state index in [-0.39, 0.29) is 12.4 Å². The van der Waals surface area contributed by atoms with Crippen molar-refractivity contribution in [3.63, 3.8) is 0 Å². The Morgan fingerprint density at radius 3 is 2.76 bits per heavy atom. The van der Waals surface area contributed by atoms with Gasteiger partial charge in [0, 0.05) is 18.7 Å². The standard InChI is InChI=1S/C11H16FN3O2/c1-15(2-3-16)7-8-4-9(11(13)14-17)6-10(12)5-8/h4-6,16-17H,2-3,7H2,1H3,(H2,13,14). The maximum atomic E-state index is 13.3. The van der Waals surface area contributed by atoms with Crippen LogP contribution >= 0.6 is 0 Å². The highest BCUT2D eigenvalue weighted by Gasteiger charge is 2.06. The Bertz CT molecular complexity index is 410. The van der Waals surface area contributed by atoms with Gasteiger partial charge < -0.3 is 16.0 Å². The second kappa shape index (κ2) is 6.17. The molecule has 1 aromatic carbocycles. The fraction of sp³-hybridized carbons (Fsp3) is 0.364. The molecular weight excluding hydrogens is 225 g/mol. The Kier molecular flexibility index (Phi) is 4.86. The maximum absolute atomic E-state index is 13.3. The Morgan fingerprint density at radius 2 is 2.18 bits per heavy atom. The molecule has 1 rings (SSSR count). The highest BCUT2D eigenvalue weighted by Crippen LogP contribution is 2.11. The Balaban J connectivity index is 2.90. The first-order valence-corrected chi connectivity index (χ1v) is 5.13. The molecular formula is C11H16FN3O2. The van der Waals surface area contributed by atoms with Crippen LogP contribution in [0.1, 0.15) is 11.1 Å². The zero-order chi connectivity index (χ0) is 12.8. The summed E-state index contributed by atoms with van der Waals surface area (Å²) in [5.41, 5.74) is 6.43. The van der Waals surface area contributed by atoms with Gasteiger partial charge in [-0.25, -0.2) is 4.39 Å². The van der Waals surface area contributed by atoms with Crippen LogP contribution in [-0.4, -0.2) is 41.2 Å². The van der Waals surface area contributed by atoms with Gasteiger partial charge in [-0.05, 0) is 30.8 Å². The minimum absolute atomic E-state index is 0.0406. The molecule has 0 fully saturated rings. The monoisotopic (exact) mass is 241 g/mol. The zero-order valence-electron chi connectivity index (χ0n) is 9.60. The quantitative estimate of drug-likeness (QED) is 0.300. The number of hydrogen-bond donors (Lipinski definition) is 3. The van der Waals surface area contributed by atoms with Gasteiger partial charge >= 0.3 is 0 Å². The Hall–Kier alpha value is -1.66. The molecule has 0 aliphatic rings. The molecule has 4 N–H and O–H groups in total. The number of likely N-dealkylation sites (N-methyl/N-ethyl adjacent to an activating group) is 1. The number of rotatable bonds is 5. The summed E-state index contributed by atoms with van der Waals surface area (Å²) in [6, 6.07) is 4.22. The molecule has 6 heteroatoms. The first kappa shape index (κ1) is 13.4. The molecule has 0 spiro atoms. The molecule has 5 nitrogen and oxygen atoms in total. The SMILES string of the molecule is CN(CCO)Cc1cc(F)cc(/C(N)=N/O)c1. The molecule has 0 unspecified atom stereocenters. The molecule has 0 saturated carbocycles. The fourth-order valence-corrected chi connectivity index (χ4v) is 1.51. The summed E-state index contributed by atoms with van der Waals surface area (Å²) in [6.07, 6.45) is 0. The molecule has 0 atom stereocenters. The van der Waals surface area contributed by atoms with Crippen LogP contribution in [0.2, 0.25) is 0 Å². The van der Waals surface area contributed by atoms with E-state index in [9.17, 15) is 4.39 Å². The van der Waals surface area contributed by atoms with Crippen molar-refractivity contribution in [1.29, 1.82) is 0 Å². The van der Waals surface area contributed by atoms with Crippen molar-refractivity contribution < 1.29 is 14.7 Å². The van der Waals surface area contributed by atoms with Crippen LogP contribution in [0.5, 0.6) is 0 Å². The fourth-order valence-electron chi connectivity index (χ4n) is 1.51. The summed E-state index contributed by atoms with van der Waals surface area (Å²) in [4.78, 5) is 1.84. The number of nitrogens with two attached hydrogens (primary N) is 1. The summed E-state index contributed by atoms with van der Waals surface area (Å²) in [5.74, 6) is -0.572. The first-order valence-electron chi connectivity index (χ1n) is 5.13. The van der Waals surface area contributed by atoms with Gasteiger partial charge in [-0.2, -0.15) is 0 Å². The van der Waals surface area contributed by atoms with Crippen LogP contribution in [0, 0.1) is 5.82 Å². The van der Waals surface area contributed by atoms with Gasteiger partial charge in [0.1, 0.15) is 5.82 Å². The van der Waals surface area contributed by atoms with Crippen molar-refractivity contribution in [3.05, 3.63) is 35.1 Å². The summed E-state index contributed by atoms with van der Waals surface area (Å²) in [5, 5.41) is 20.1. The first-order chi connectivity index (χ1) is 8.06. The molecule has 1 aromatic rings. The maximum Gasteiger partial charge on any atom is 0.170 e. The van der Waals surface area contributed by atoms with Gasteiger partial charge in [-0.15, -0.1) is 0 Å². The van der Waals surface area contributed by atoms with Crippen molar-refractivity contribution >= 4 is 5.84 Å². The molecule has 0 aliphatic heterocycles. The van der Waals surface area contributed by atoms with E-state index in [0.29, 0.717) is 24.2 Å². The number of halogens is 1. The minimum Gasteiger partial charge on any atom is -0.409 e. The van der Waals surface area contributed by atoms with Gasteiger partial charge in [0.2, 0.25) is 0 Å². The van der Waals surface area contributed by atoms with Crippen LogP contribution < -0.4 is 5.73 Å². The predicted molar refractivity (Wildman–Crippen MR) is 62.3 cm³/mol. The third kappa shape index (κ3) is 4.01. The normalized spacial score (nSPS) is 12.1. The third-order valence-electron chi connectivity index (χ3n) is 2.30. The third-order valence-corrected chi connectivity index (χ3v) is 2.30. The number of hydrogen-bond acceptors (Lipinski definition) is 4.